The summed E-state index contributed by atoms with van der Waals surface area (Å²) in [6, 6.07) is 40.8. The molecule has 0 N–H and O–H groups in total. The average Bonchev–Trinajstić information content (AvgIpc) is 2.82. The van der Waals surface area contributed by atoms with Gasteiger partial charge < -0.3 is 0 Å². The lowest BCUT2D eigenvalue weighted by Gasteiger charge is -1.98. The first-order chi connectivity index (χ1) is 13.8. The second-order valence-corrected chi connectivity index (χ2v) is 5.96. The molecule has 0 unspecified atom stereocenters. The van der Waals surface area contributed by atoms with Crippen LogP contribution in [0.5, 0.6) is 0 Å². The highest BCUT2D eigenvalue weighted by Crippen LogP contribution is 2.17. The van der Waals surface area contributed by atoms with Crippen LogP contribution in [0.3, 0.4) is 0 Å². The minimum absolute atomic E-state index is 1.17. The fourth-order valence-electron chi connectivity index (χ4n) is 2.44. The molecule has 4 aromatic rings. The van der Waals surface area contributed by atoms with Crippen LogP contribution < -0.4 is 0 Å². The molecule has 0 heterocycles. The van der Waals surface area contributed by atoms with Crippen LogP contribution in [0, 0.1) is 0 Å². The summed E-state index contributed by atoms with van der Waals surface area (Å²) in [5.41, 5.74) is 4.90. The van der Waals surface area contributed by atoms with Gasteiger partial charge in [-0.2, -0.15) is 0 Å². The summed E-state index contributed by atoms with van der Waals surface area (Å²) >= 11 is 0. The summed E-state index contributed by atoms with van der Waals surface area (Å²) in [7, 11) is 0. The Bertz CT molecular complexity index is 828. The molecule has 0 spiro atoms. The highest BCUT2D eigenvalue weighted by atomic mass is 14.0. The molecule has 0 bridgehead atoms. The van der Waals surface area contributed by atoms with E-state index in [0.29, 0.717) is 0 Å². The Morgan fingerprint density at radius 2 is 0.607 bits per heavy atom. The van der Waals surface area contributed by atoms with Gasteiger partial charge >= 0.3 is 0 Å². The zero-order chi connectivity index (χ0) is 19.9. The van der Waals surface area contributed by atoms with Crippen LogP contribution in [0.2, 0.25) is 0 Å². The molecule has 0 aliphatic carbocycles. The van der Waals surface area contributed by atoms with Crippen molar-refractivity contribution in [2.75, 3.05) is 0 Å². The first-order valence-electron chi connectivity index (χ1n) is 9.29. The van der Waals surface area contributed by atoms with Gasteiger partial charge in [-0.3, -0.25) is 0 Å². The van der Waals surface area contributed by atoms with Crippen molar-refractivity contribution in [3.63, 3.8) is 0 Å². The highest BCUT2D eigenvalue weighted by Gasteiger charge is 1.91. The third kappa shape index (κ3) is 7.72. The van der Waals surface area contributed by atoms with E-state index in [1.54, 1.807) is 0 Å². The van der Waals surface area contributed by atoms with Crippen molar-refractivity contribution in [1.82, 2.24) is 0 Å². The van der Waals surface area contributed by atoms with Crippen molar-refractivity contribution >= 4 is 12.2 Å². The SMILES string of the molecule is C=Cc1ccccc1.C=Cc1ccccc1.c1ccc(-c2ccccc2)cc1. The van der Waals surface area contributed by atoms with E-state index in [-0.39, 0.29) is 0 Å². The third-order valence-electron chi connectivity index (χ3n) is 3.95. The minimum atomic E-state index is 1.17. The summed E-state index contributed by atoms with van der Waals surface area (Å²) in [6.07, 6.45) is 3.67. The predicted octanol–water partition coefficient (Wildman–Crippen LogP) is 8.01. The van der Waals surface area contributed by atoms with E-state index >= 15 is 0 Å². The van der Waals surface area contributed by atoms with Gasteiger partial charge in [0.1, 0.15) is 0 Å². The molecule has 0 saturated carbocycles. The van der Waals surface area contributed by atoms with Gasteiger partial charge in [-0.05, 0) is 22.3 Å². The predicted molar refractivity (Wildman–Crippen MR) is 125 cm³/mol. The zero-order valence-electron chi connectivity index (χ0n) is 16.1. The molecule has 0 atom stereocenters. The summed E-state index contributed by atoms with van der Waals surface area (Å²) in [5, 5.41) is 0. The van der Waals surface area contributed by atoms with Crippen LogP contribution in [-0.2, 0) is 0 Å². The fourth-order valence-corrected chi connectivity index (χ4v) is 2.44. The average molecular weight is 363 g/mol. The van der Waals surface area contributed by atoms with Gasteiger partial charge in [-0.25, -0.2) is 0 Å². The Hall–Kier alpha value is -3.64. The number of hydrogen-bond donors (Lipinski definition) is 0. The summed E-state index contributed by atoms with van der Waals surface area (Å²) in [5.74, 6) is 0. The molecule has 0 fully saturated rings. The first-order valence-corrected chi connectivity index (χ1v) is 9.29. The fraction of sp³-hybridized carbons (Fsp3) is 0. The van der Waals surface area contributed by atoms with E-state index in [0.717, 1.165) is 0 Å². The van der Waals surface area contributed by atoms with E-state index < -0.39 is 0 Å². The number of rotatable bonds is 3. The Balaban J connectivity index is 0.000000156. The van der Waals surface area contributed by atoms with Crippen LogP contribution in [-0.4, -0.2) is 0 Å². The Labute approximate surface area is 169 Å². The molecule has 0 heteroatoms. The van der Waals surface area contributed by atoms with Crippen molar-refractivity contribution < 1.29 is 0 Å². The van der Waals surface area contributed by atoms with Gasteiger partial charge in [-0.1, -0.05) is 147 Å². The molecule has 4 rings (SSSR count). The second-order valence-electron chi connectivity index (χ2n) is 5.96. The lowest BCUT2D eigenvalue weighted by molar-refractivity contribution is 1.62. The van der Waals surface area contributed by atoms with Gasteiger partial charge in [0, 0.05) is 0 Å². The monoisotopic (exact) mass is 362 g/mol. The van der Waals surface area contributed by atoms with E-state index in [1.807, 2.05) is 84.9 Å². The second kappa shape index (κ2) is 12.7. The molecule has 4 aromatic carbocycles. The molecule has 0 amide bonds. The van der Waals surface area contributed by atoms with Crippen molar-refractivity contribution in [3.8, 4) is 11.1 Å². The highest BCUT2D eigenvalue weighted by molar-refractivity contribution is 5.62. The topological polar surface area (TPSA) is 0 Å². The van der Waals surface area contributed by atoms with Crippen LogP contribution in [0.25, 0.3) is 23.3 Å². The Morgan fingerprint density at radius 3 is 0.821 bits per heavy atom. The number of benzene rings is 4. The van der Waals surface area contributed by atoms with E-state index in [9.17, 15) is 0 Å². The van der Waals surface area contributed by atoms with Crippen LogP contribution >= 0.6 is 0 Å². The van der Waals surface area contributed by atoms with E-state index in [4.69, 9.17) is 0 Å². The van der Waals surface area contributed by atoms with Gasteiger partial charge in [0.15, 0.2) is 0 Å². The maximum Gasteiger partial charge on any atom is -0.0184 e. The van der Waals surface area contributed by atoms with Gasteiger partial charge in [0.25, 0.3) is 0 Å². The molecular formula is C28H26. The quantitative estimate of drug-likeness (QED) is 0.346. The lowest BCUT2D eigenvalue weighted by atomic mass is 10.1. The third-order valence-corrected chi connectivity index (χ3v) is 3.95. The molecule has 0 nitrogen and oxygen atoms in total. The van der Waals surface area contributed by atoms with Crippen LogP contribution in [0.15, 0.2) is 134 Å². The molecule has 0 saturated heterocycles. The largest absolute Gasteiger partial charge is 0.0985 e. The number of hydrogen-bond acceptors (Lipinski definition) is 0. The summed E-state index contributed by atoms with van der Waals surface area (Å²) in [4.78, 5) is 0. The van der Waals surface area contributed by atoms with Crippen molar-refractivity contribution in [2.24, 2.45) is 0 Å². The zero-order valence-corrected chi connectivity index (χ0v) is 16.1. The molecule has 0 aliphatic heterocycles. The summed E-state index contributed by atoms with van der Waals surface area (Å²) in [6.45, 7) is 7.26. The maximum absolute atomic E-state index is 3.63. The smallest absolute Gasteiger partial charge is 0.0184 e. The van der Waals surface area contributed by atoms with Gasteiger partial charge in [0.05, 0.1) is 0 Å². The van der Waals surface area contributed by atoms with Crippen molar-refractivity contribution in [1.29, 1.82) is 0 Å². The normalized spacial score (nSPS) is 9.00. The van der Waals surface area contributed by atoms with Crippen molar-refractivity contribution in [3.05, 3.63) is 146 Å². The summed E-state index contributed by atoms with van der Waals surface area (Å²) < 4.78 is 0. The molecular weight excluding hydrogens is 336 g/mol. The van der Waals surface area contributed by atoms with Crippen molar-refractivity contribution in [2.45, 2.75) is 0 Å². The molecule has 28 heavy (non-hydrogen) atoms. The first kappa shape index (κ1) is 20.7. The molecule has 0 aliphatic rings. The maximum atomic E-state index is 3.63. The van der Waals surface area contributed by atoms with Crippen LogP contribution in [0.4, 0.5) is 0 Å². The minimum Gasteiger partial charge on any atom is -0.0985 e. The van der Waals surface area contributed by atoms with E-state index in [2.05, 4.69) is 61.7 Å². The van der Waals surface area contributed by atoms with Gasteiger partial charge in [0.2, 0.25) is 0 Å². The standard InChI is InChI=1S/C12H10.2C8H8/c1-3-7-11(8-4-1)12-9-5-2-6-10-12;2*1-2-8-6-4-3-5-7-8/h1-10H;2*2-7H,1H2. The Morgan fingerprint density at radius 1 is 0.357 bits per heavy atom. The van der Waals surface area contributed by atoms with Crippen LogP contribution in [0.1, 0.15) is 11.1 Å². The molecule has 138 valence electrons. The lowest BCUT2D eigenvalue weighted by Crippen LogP contribution is -1.73. The Kier molecular flexibility index (Phi) is 9.35. The van der Waals surface area contributed by atoms with Gasteiger partial charge in [-0.15, -0.1) is 0 Å². The van der Waals surface area contributed by atoms with E-state index in [1.165, 1.54) is 22.3 Å². The molecule has 0 radical (unpaired) electrons. The molecule has 0 aromatic heterocycles.